The topological polar surface area (TPSA) is 86.7 Å². The Morgan fingerprint density at radius 2 is 2.29 bits per heavy atom. The molecule has 6 nitrogen and oxygen atoms in total. The predicted octanol–water partition coefficient (Wildman–Crippen LogP) is 1.37. The standard InChI is InChI=1S/C13H20N2O4S2/c1-3-15-5-4-10(8-15)7-14-21(18,19)11-6-9(2)12(20-11)13(16)17/h6,10,14H,3-5,7-8H2,1-2H3,(H,16,17). The highest BCUT2D eigenvalue weighted by atomic mass is 32.2. The molecule has 0 saturated carbocycles. The molecule has 118 valence electrons. The minimum Gasteiger partial charge on any atom is -0.477 e. The average Bonchev–Trinajstić information content (AvgIpc) is 3.02. The Balaban J connectivity index is 2.02. The van der Waals surface area contributed by atoms with E-state index in [0.29, 0.717) is 18.0 Å². The number of hydrogen-bond acceptors (Lipinski definition) is 5. The van der Waals surface area contributed by atoms with Gasteiger partial charge in [-0.3, -0.25) is 0 Å². The summed E-state index contributed by atoms with van der Waals surface area (Å²) in [6, 6.07) is 1.42. The van der Waals surface area contributed by atoms with Crippen molar-refractivity contribution in [2.75, 3.05) is 26.2 Å². The van der Waals surface area contributed by atoms with Crippen molar-refractivity contribution >= 4 is 27.3 Å². The molecular weight excluding hydrogens is 312 g/mol. The van der Waals surface area contributed by atoms with E-state index >= 15 is 0 Å². The van der Waals surface area contributed by atoms with Crippen LogP contribution in [-0.4, -0.2) is 50.6 Å². The largest absolute Gasteiger partial charge is 0.477 e. The molecule has 21 heavy (non-hydrogen) atoms. The summed E-state index contributed by atoms with van der Waals surface area (Å²) in [4.78, 5) is 13.4. The second-order valence-corrected chi connectivity index (χ2v) is 8.33. The minimum absolute atomic E-state index is 0.0720. The second kappa shape index (κ2) is 6.43. The summed E-state index contributed by atoms with van der Waals surface area (Å²) >= 11 is 0.802. The van der Waals surface area contributed by atoms with Crippen LogP contribution >= 0.6 is 11.3 Å². The third kappa shape index (κ3) is 3.82. The maximum absolute atomic E-state index is 12.2. The summed E-state index contributed by atoms with van der Waals surface area (Å²) in [7, 11) is -3.62. The fraction of sp³-hybridized carbons (Fsp3) is 0.615. The summed E-state index contributed by atoms with van der Waals surface area (Å²) in [6.45, 7) is 6.99. The highest BCUT2D eigenvalue weighted by Gasteiger charge is 2.25. The molecular formula is C13H20N2O4S2. The molecule has 2 N–H and O–H groups in total. The van der Waals surface area contributed by atoms with Gasteiger partial charge in [-0.25, -0.2) is 17.9 Å². The Morgan fingerprint density at radius 1 is 1.57 bits per heavy atom. The molecule has 1 aromatic heterocycles. The van der Waals surface area contributed by atoms with Crippen LogP contribution < -0.4 is 4.72 Å². The van der Waals surface area contributed by atoms with Crippen molar-refractivity contribution in [2.45, 2.75) is 24.5 Å². The molecule has 0 radical (unpaired) electrons. The lowest BCUT2D eigenvalue weighted by molar-refractivity contribution is 0.0701. The number of aryl methyl sites for hydroxylation is 1. The number of nitrogens with zero attached hydrogens (tertiary/aromatic N) is 1. The number of sulfonamides is 1. The van der Waals surface area contributed by atoms with E-state index in [2.05, 4.69) is 16.5 Å². The molecule has 1 unspecified atom stereocenters. The maximum atomic E-state index is 12.2. The SMILES string of the molecule is CCN1CCC(CNS(=O)(=O)c2cc(C)c(C(=O)O)s2)C1. The van der Waals surface area contributed by atoms with E-state index in [1.54, 1.807) is 6.92 Å². The molecule has 0 amide bonds. The van der Waals surface area contributed by atoms with Crippen molar-refractivity contribution in [3.63, 3.8) is 0 Å². The van der Waals surface area contributed by atoms with Gasteiger partial charge < -0.3 is 10.0 Å². The van der Waals surface area contributed by atoms with Crippen LogP contribution in [-0.2, 0) is 10.0 Å². The average molecular weight is 332 g/mol. The number of carboxylic acids is 1. The third-order valence-electron chi connectivity index (χ3n) is 3.73. The van der Waals surface area contributed by atoms with Crippen molar-refractivity contribution in [1.29, 1.82) is 0 Å². The van der Waals surface area contributed by atoms with Crippen LogP contribution in [0, 0.1) is 12.8 Å². The van der Waals surface area contributed by atoms with E-state index in [1.807, 2.05) is 0 Å². The first kappa shape index (κ1) is 16.4. The van der Waals surface area contributed by atoms with Gasteiger partial charge in [0.1, 0.15) is 9.09 Å². The van der Waals surface area contributed by atoms with Crippen LogP contribution in [0.3, 0.4) is 0 Å². The molecule has 2 heterocycles. The molecule has 1 aliphatic rings. The Labute approximate surface area is 128 Å². The van der Waals surface area contributed by atoms with Crippen LogP contribution in [0.2, 0.25) is 0 Å². The number of likely N-dealkylation sites (tertiary alicyclic amines) is 1. The molecule has 8 heteroatoms. The first-order valence-electron chi connectivity index (χ1n) is 6.89. The lowest BCUT2D eigenvalue weighted by Crippen LogP contribution is -2.30. The predicted molar refractivity (Wildman–Crippen MR) is 81.4 cm³/mol. The first-order chi connectivity index (χ1) is 9.83. The minimum atomic E-state index is -3.62. The number of carboxylic acid groups (broad SMARTS) is 1. The zero-order valence-corrected chi connectivity index (χ0v) is 13.8. The van der Waals surface area contributed by atoms with E-state index in [9.17, 15) is 13.2 Å². The molecule has 0 bridgehead atoms. The third-order valence-corrected chi connectivity index (χ3v) is 6.86. The van der Waals surface area contributed by atoms with Gasteiger partial charge in [0.15, 0.2) is 0 Å². The molecule has 1 saturated heterocycles. The van der Waals surface area contributed by atoms with E-state index in [-0.39, 0.29) is 9.09 Å². The summed E-state index contributed by atoms with van der Waals surface area (Å²) in [5.74, 6) is -0.770. The number of hydrogen-bond donors (Lipinski definition) is 2. The molecule has 0 spiro atoms. The normalized spacial score (nSPS) is 20.0. The fourth-order valence-electron chi connectivity index (χ4n) is 2.46. The van der Waals surface area contributed by atoms with Gasteiger partial charge in [-0.15, -0.1) is 11.3 Å². The Morgan fingerprint density at radius 3 is 2.81 bits per heavy atom. The highest BCUT2D eigenvalue weighted by Crippen LogP contribution is 2.26. The smallest absolute Gasteiger partial charge is 0.346 e. The Bertz CT molecular complexity index is 624. The molecule has 1 atom stereocenters. The van der Waals surface area contributed by atoms with E-state index in [4.69, 9.17) is 5.11 Å². The first-order valence-corrected chi connectivity index (χ1v) is 9.19. The quantitative estimate of drug-likeness (QED) is 0.822. The van der Waals surface area contributed by atoms with Crippen LogP contribution in [0.1, 0.15) is 28.6 Å². The van der Waals surface area contributed by atoms with Crippen molar-refractivity contribution in [3.05, 3.63) is 16.5 Å². The number of rotatable bonds is 6. The van der Waals surface area contributed by atoms with Crippen LogP contribution in [0.25, 0.3) is 0 Å². The molecule has 1 fully saturated rings. The van der Waals surface area contributed by atoms with Gasteiger partial charge in [-0.05, 0) is 44.0 Å². The van der Waals surface area contributed by atoms with Crippen LogP contribution in [0.15, 0.2) is 10.3 Å². The molecule has 0 aliphatic carbocycles. The van der Waals surface area contributed by atoms with Crippen molar-refractivity contribution in [1.82, 2.24) is 9.62 Å². The number of carbonyl (C=O) groups is 1. The molecule has 1 aliphatic heterocycles. The van der Waals surface area contributed by atoms with Gasteiger partial charge in [-0.2, -0.15) is 0 Å². The van der Waals surface area contributed by atoms with Crippen molar-refractivity contribution in [3.8, 4) is 0 Å². The number of nitrogens with one attached hydrogen (secondary N) is 1. The van der Waals surface area contributed by atoms with Crippen molar-refractivity contribution < 1.29 is 18.3 Å². The lowest BCUT2D eigenvalue weighted by Gasteiger charge is -2.13. The van der Waals surface area contributed by atoms with E-state index in [0.717, 1.165) is 37.4 Å². The summed E-state index contributed by atoms with van der Waals surface area (Å²) in [5, 5.41) is 8.99. The number of thiophene rings is 1. The lowest BCUT2D eigenvalue weighted by atomic mass is 10.1. The van der Waals surface area contributed by atoms with Gasteiger partial charge in [0.25, 0.3) is 0 Å². The Hall–Kier alpha value is -0.960. The molecule has 1 aromatic rings. The van der Waals surface area contributed by atoms with E-state index in [1.165, 1.54) is 6.07 Å². The monoisotopic (exact) mass is 332 g/mol. The summed E-state index contributed by atoms with van der Waals surface area (Å²) in [6.07, 6.45) is 0.986. The summed E-state index contributed by atoms with van der Waals surface area (Å²) in [5.41, 5.74) is 0.478. The van der Waals surface area contributed by atoms with Crippen molar-refractivity contribution in [2.24, 2.45) is 5.92 Å². The van der Waals surface area contributed by atoms with Gasteiger partial charge in [0.05, 0.1) is 0 Å². The zero-order valence-electron chi connectivity index (χ0n) is 12.1. The number of aromatic carboxylic acids is 1. The van der Waals surface area contributed by atoms with Gasteiger partial charge >= 0.3 is 5.97 Å². The van der Waals surface area contributed by atoms with Gasteiger partial charge in [-0.1, -0.05) is 6.92 Å². The van der Waals surface area contributed by atoms with Gasteiger partial charge in [0.2, 0.25) is 10.0 Å². The molecule has 2 rings (SSSR count). The highest BCUT2D eigenvalue weighted by molar-refractivity contribution is 7.91. The maximum Gasteiger partial charge on any atom is 0.346 e. The fourth-order valence-corrected chi connectivity index (χ4v) is 5.00. The summed E-state index contributed by atoms with van der Waals surface area (Å²) < 4.78 is 27.1. The van der Waals surface area contributed by atoms with Gasteiger partial charge in [0, 0.05) is 13.1 Å². The zero-order chi connectivity index (χ0) is 15.6. The van der Waals surface area contributed by atoms with E-state index < -0.39 is 16.0 Å². The van der Waals surface area contributed by atoms with Crippen LogP contribution in [0.4, 0.5) is 0 Å². The Kier molecular flexibility index (Phi) is 5.03. The second-order valence-electron chi connectivity index (χ2n) is 5.28. The molecule has 0 aromatic carbocycles. The van der Waals surface area contributed by atoms with Crippen LogP contribution in [0.5, 0.6) is 0 Å².